The molecule has 0 fully saturated rings. The molecule has 0 spiro atoms. The van der Waals surface area contributed by atoms with Crippen LogP contribution in [-0.2, 0) is 11.3 Å². The van der Waals surface area contributed by atoms with E-state index in [1.807, 2.05) is 48.1 Å². The Bertz CT molecular complexity index is 748. The highest BCUT2D eigenvalue weighted by molar-refractivity contribution is 7.09. The Kier molecular flexibility index (Phi) is 4.93. The monoisotopic (exact) mass is 324 g/mol. The van der Waals surface area contributed by atoms with E-state index in [-0.39, 0.29) is 11.9 Å². The first-order valence-corrected chi connectivity index (χ1v) is 8.58. The molecule has 0 aliphatic rings. The summed E-state index contributed by atoms with van der Waals surface area (Å²) in [4.78, 5) is 13.6. The van der Waals surface area contributed by atoms with Crippen molar-refractivity contribution in [3.63, 3.8) is 0 Å². The lowest BCUT2D eigenvalue weighted by molar-refractivity contribution is -0.121. The minimum atomic E-state index is 0.0215. The molecule has 3 aromatic rings. The number of nitrogens with one attached hydrogen (secondary N) is 1. The number of nitrogens with zero attached hydrogens (tertiary/aromatic N) is 1. The SMILES string of the molecule is Cc1cccc(C(CC(=O)NCc2cccs2)n2cccc2)c1. The number of thiophene rings is 1. The molecule has 4 heteroatoms. The van der Waals surface area contributed by atoms with Gasteiger partial charge < -0.3 is 9.88 Å². The van der Waals surface area contributed by atoms with Gasteiger partial charge in [-0.25, -0.2) is 0 Å². The summed E-state index contributed by atoms with van der Waals surface area (Å²) in [5.74, 6) is 0.0682. The van der Waals surface area contributed by atoms with E-state index < -0.39 is 0 Å². The zero-order valence-electron chi connectivity index (χ0n) is 13.1. The second kappa shape index (κ2) is 7.29. The molecule has 0 saturated carbocycles. The molecule has 1 N–H and O–H groups in total. The largest absolute Gasteiger partial charge is 0.351 e. The van der Waals surface area contributed by atoms with Crippen molar-refractivity contribution in [2.75, 3.05) is 0 Å². The highest BCUT2D eigenvalue weighted by Crippen LogP contribution is 2.23. The van der Waals surface area contributed by atoms with Gasteiger partial charge in [0, 0.05) is 17.3 Å². The molecular weight excluding hydrogens is 304 g/mol. The van der Waals surface area contributed by atoms with Crippen molar-refractivity contribution >= 4 is 17.2 Å². The van der Waals surface area contributed by atoms with Gasteiger partial charge in [-0.05, 0) is 36.1 Å². The third kappa shape index (κ3) is 4.11. The molecule has 0 radical (unpaired) electrons. The molecule has 0 saturated heterocycles. The summed E-state index contributed by atoms with van der Waals surface area (Å²) in [6.45, 7) is 2.68. The van der Waals surface area contributed by atoms with E-state index >= 15 is 0 Å². The molecule has 0 bridgehead atoms. The fraction of sp³-hybridized carbons (Fsp3) is 0.211. The lowest BCUT2D eigenvalue weighted by Crippen LogP contribution is -2.26. The topological polar surface area (TPSA) is 34.0 Å². The van der Waals surface area contributed by atoms with E-state index in [0.717, 1.165) is 5.56 Å². The quantitative estimate of drug-likeness (QED) is 0.726. The van der Waals surface area contributed by atoms with E-state index in [0.29, 0.717) is 13.0 Å². The summed E-state index contributed by atoms with van der Waals surface area (Å²) >= 11 is 1.66. The van der Waals surface area contributed by atoms with Crippen molar-refractivity contribution in [3.8, 4) is 0 Å². The van der Waals surface area contributed by atoms with Crippen LogP contribution >= 0.6 is 11.3 Å². The van der Waals surface area contributed by atoms with Gasteiger partial charge >= 0.3 is 0 Å². The molecule has 2 heterocycles. The second-order valence-corrected chi connectivity index (χ2v) is 6.65. The first kappa shape index (κ1) is 15.6. The number of rotatable bonds is 6. The highest BCUT2D eigenvalue weighted by atomic mass is 32.1. The highest BCUT2D eigenvalue weighted by Gasteiger charge is 2.17. The fourth-order valence-electron chi connectivity index (χ4n) is 2.68. The molecule has 23 heavy (non-hydrogen) atoms. The summed E-state index contributed by atoms with van der Waals surface area (Å²) in [5.41, 5.74) is 2.37. The standard InChI is InChI=1S/C19H20N2OS/c1-15-6-4-7-16(12-15)18(21-9-2-3-10-21)13-19(22)20-14-17-8-5-11-23-17/h2-12,18H,13-14H2,1H3,(H,20,22). The van der Waals surface area contributed by atoms with Crippen LogP contribution in [0.4, 0.5) is 0 Å². The van der Waals surface area contributed by atoms with Crippen molar-refractivity contribution in [3.05, 3.63) is 82.3 Å². The Balaban J connectivity index is 1.72. The fourth-order valence-corrected chi connectivity index (χ4v) is 3.32. The Labute approximate surface area is 140 Å². The van der Waals surface area contributed by atoms with E-state index in [4.69, 9.17) is 0 Å². The number of aryl methyl sites for hydroxylation is 1. The summed E-state index contributed by atoms with van der Waals surface area (Å²) < 4.78 is 2.10. The van der Waals surface area contributed by atoms with Crippen LogP contribution in [0.2, 0.25) is 0 Å². The molecule has 3 nitrogen and oxygen atoms in total. The molecule has 1 atom stereocenters. The van der Waals surface area contributed by atoms with E-state index in [2.05, 4.69) is 35.0 Å². The van der Waals surface area contributed by atoms with Crippen LogP contribution in [0.5, 0.6) is 0 Å². The van der Waals surface area contributed by atoms with Gasteiger partial charge in [0.05, 0.1) is 19.0 Å². The van der Waals surface area contributed by atoms with Crippen LogP contribution in [0.25, 0.3) is 0 Å². The molecule has 3 rings (SSSR count). The molecule has 118 valence electrons. The number of aromatic nitrogens is 1. The normalized spacial score (nSPS) is 12.0. The maximum absolute atomic E-state index is 12.4. The van der Waals surface area contributed by atoms with E-state index in [9.17, 15) is 4.79 Å². The lowest BCUT2D eigenvalue weighted by atomic mass is 10.0. The first-order chi connectivity index (χ1) is 11.2. The zero-order chi connectivity index (χ0) is 16.1. The summed E-state index contributed by atoms with van der Waals surface area (Å²) in [7, 11) is 0. The van der Waals surface area contributed by atoms with Crippen LogP contribution in [0.15, 0.2) is 66.3 Å². The van der Waals surface area contributed by atoms with Gasteiger partial charge in [0.25, 0.3) is 0 Å². The number of carbonyl (C=O) groups is 1. The predicted molar refractivity (Wildman–Crippen MR) is 94.5 cm³/mol. The van der Waals surface area contributed by atoms with Gasteiger partial charge in [-0.2, -0.15) is 0 Å². The number of hydrogen-bond acceptors (Lipinski definition) is 2. The summed E-state index contributed by atoms with van der Waals surface area (Å²) in [6.07, 6.45) is 4.46. The van der Waals surface area contributed by atoms with Crippen LogP contribution in [0.1, 0.15) is 28.5 Å². The summed E-state index contributed by atoms with van der Waals surface area (Å²) in [6, 6.07) is 16.4. The molecular formula is C19H20N2OS. The smallest absolute Gasteiger partial charge is 0.222 e. The maximum atomic E-state index is 12.4. The summed E-state index contributed by atoms with van der Waals surface area (Å²) in [5, 5.41) is 5.04. The van der Waals surface area contributed by atoms with Crippen molar-refractivity contribution in [1.82, 2.24) is 9.88 Å². The Morgan fingerprint density at radius 1 is 1.17 bits per heavy atom. The van der Waals surface area contributed by atoms with Gasteiger partial charge in [0.1, 0.15) is 0 Å². The first-order valence-electron chi connectivity index (χ1n) is 7.70. The van der Waals surface area contributed by atoms with Gasteiger partial charge in [0.2, 0.25) is 5.91 Å². The third-order valence-corrected chi connectivity index (χ3v) is 4.71. The van der Waals surface area contributed by atoms with Crippen LogP contribution in [0.3, 0.4) is 0 Å². The number of hydrogen-bond donors (Lipinski definition) is 1. The van der Waals surface area contributed by atoms with Crippen LogP contribution in [0, 0.1) is 6.92 Å². The van der Waals surface area contributed by atoms with E-state index in [1.165, 1.54) is 10.4 Å². The van der Waals surface area contributed by atoms with E-state index in [1.54, 1.807) is 11.3 Å². The molecule has 1 amide bonds. The van der Waals surface area contributed by atoms with Gasteiger partial charge in [-0.1, -0.05) is 35.9 Å². The number of benzene rings is 1. The number of carbonyl (C=O) groups excluding carboxylic acids is 1. The minimum absolute atomic E-state index is 0.0215. The number of amides is 1. The Morgan fingerprint density at radius 3 is 2.70 bits per heavy atom. The maximum Gasteiger partial charge on any atom is 0.222 e. The van der Waals surface area contributed by atoms with Gasteiger partial charge in [-0.15, -0.1) is 11.3 Å². The lowest BCUT2D eigenvalue weighted by Gasteiger charge is -2.19. The molecule has 0 aliphatic carbocycles. The van der Waals surface area contributed by atoms with Crippen LogP contribution in [-0.4, -0.2) is 10.5 Å². The average molecular weight is 324 g/mol. The predicted octanol–water partition coefficient (Wildman–Crippen LogP) is 4.15. The molecule has 1 unspecified atom stereocenters. The third-order valence-electron chi connectivity index (χ3n) is 3.83. The van der Waals surface area contributed by atoms with Crippen molar-refractivity contribution in [1.29, 1.82) is 0 Å². The van der Waals surface area contributed by atoms with Gasteiger partial charge in [0.15, 0.2) is 0 Å². The second-order valence-electron chi connectivity index (χ2n) is 5.62. The molecule has 2 aromatic heterocycles. The van der Waals surface area contributed by atoms with Gasteiger partial charge in [-0.3, -0.25) is 4.79 Å². The average Bonchev–Trinajstić information content (AvgIpc) is 3.24. The zero-order valence-corrected chi connectivity index (χ0v) is 13.9. The minimum Gasteiger partial charge on any atom is -0.351 e. The van der Waals surface area contributed by atoms with Crippen molar-refractivity contribution in [2.45, 2.75) is 25.9 Å². The van der Waals surface area contributed by atoms with Crippen LogP contribution < -0.4 is 5.32 Å². The Hall–Kier alpha value is -2.33. The van der Waals surface area contributed by atoms with Crippen molar-refractivity contribution < 1.29 is 4.79 Å². The molecule has 0 aliphatic heterocycles. The Morgan fingerprint density at radius 2 is 2.00 bits per heavy atom. The molecule has 1 aromatic carbocycles. The van der Waals surface area contributed by atoms with Crippen molar-refractivity contribution in [2.24, 2.45) is 0 Å².